The monoisotopic (exact) mass is 218 g/mol. The molecule has 0 aliphatic heterocycles. The number of carbonyl (C=O) groups is 2. The predicted molar refractivity (Wildman–Crippen MR) is 59.5 cm³/mol. The van der Waals surface area contributed by atoms with E-state index in [9.17, 15) is 9.59 Å². The maximum absolute atomic E-state index is 12.0. The molecule has 1 aliphatic rings. The summed E-state index contributed by atoms with van der Waals surface area (Å²) in [6.45, 7) is 3.97. The average Bonchev–Trinajstić information content (AvgIpc) is 2.56. The number of methoxy groups -OCH3 is 1. The minimum atomic E-state index is -0.638. The zero-order valence-electron chi connectivity index (χ0n) is 9.66. The van der Waals surface area contributed by atoms with Crippen LogP contribution in [0.25, 0.3) is 0 Å². The molecule has 3 heteroatoms. The fourth-order valence-electron chi connectivity index (χ4n) is 2.11. The fourth-order valence-corrected chi connectivity index (χ4v) is 2.11. The predicted octanol–water partition coefficient (Wildman–Crippen LogP) is 1.83. The van der Waals surface area contributed by atoms with Crippen molar-refractivity contribution in [3.63, 3.8) is 0 Å². The van der Waals surface area contributed by atoms with Gasteiger partial charge >= 0.3 is 5.97 Å². The summed E-state index contributed by atoms with van der Waals surface area (Å²) in [6.07, 6.45) is 0.474. The number of ketones is 1. The topological polar surface area (TPSA) is 43.4 Å². The molecule has 84 valence electrons. The molecule has 16 heavy (non-hydrogen) atoms. The van der Waals surface area contributed by atoms with Crippen molar-refractivity contribution in [3.05, 3.63) is 34.4 Å². The molecule has 2 rings (SSSR count). The van der Waals surface area contributed by atoms with Gasteiger partial charge in [-0.05, 0) is 43.0 Å². The number of benzene rings is 1. The number of hydrogen-bond donors (Lipinski definition) is 0. The fraction of sp³-hybridized carbons (Fsp3) is 0.385. The second kappa shape index (κ2) is 3.74. The van der Waals surface area contributed by atoms with E-state index in [1.807, 2.05) is 26.0 Å². The number of rotatable bonds is 1. The van der Waals surface area contributed by atoms with E-state index in [0.29, 0.717) is 12.0 Å². The van der Waals surface area contributed by atoms with Gasteiger partial charge in [0.1, 0.15) is 5.92 Å². The van der Waals surface area contributed by atoms with E-state index in [1.165, 1.54) is 7.11 Å². The van der Waals surface area contributed by atoms with Crippen LogP contribution in [0.5, 0.6) is 0 Å². The van der Waals surface area contributed by atoms with Gasteiger partial charge in [0, 0.05) is 5.56 Å². The maximum Gasteiger partial charge on any atom is 0.316 e. The lowest BCUT2D eigenvalue weighted by atomic mass is 10.0. The van der Waals surface area contributed by atoms with Crippen molar-refractivity contribution in [2.75, 3.05) is 7.11 Å². The molecule has 0 saturated carbocycles. The summed E-state index contributed by atoms with van der Waals surface area (Å²) in [7, 11) is 1.31. The van der Waals surface area contributed by atoms with Crippen LogP contribution in [0.1, 0.15) is 27.0 Å². The number of fused-ring (bicyclic) bond motifs is 1. The number of aryl methyl sites for hydroxylation is 2. The average molecular weight is 218 g/mol. The summed E-state index contributed by atoms with van der Waals surface area (Å²) in [5.41, 5.74) is 3.87. The lowest BCUT2D eigenvalue weighted by Crippen LogP contribution is -2.21. The number of hydrogen-bond acceptors (Lipinski definition) is 3. The SMILES string of the molecule is COC(=O)[C@@H]1Cc2cc(C)c(C)cc2C1=O. The van der Waals surface area contributed by atoms with Crippen LogP contribution in [0.2, 0.25) is 0 Å². The van der Waals surface area contributed by atoms with Crippen LogP contribution in [0.15, 0.2) is 12.1 Å². The first kappa shape index (κ1) is 10.9. The molecule has 1 atom stereocenters. The Morgan fingerprint density at radius 2 is 1.94 bits per heavy atom. The lowest BCUT2D eigenvalue weighted by Gasteiger charge is -2.03. The van der Waals surface area contributed by atoms with Gasteiger partial charge in [0.2, 0.25) is 0 Å². The van der Waals surface area contributed by atoms with E-state index >= 15 is 0 Å². The van der Waals surface area contributed by atoms with E-state index in [0.717, 1.165) is 16.7 Å². The summed E-state index contributed by atoms with van der Waals surface area (Å²) in [5, 5.41) is 0. The highest BCUT2D eigenvalue weighted by Crippen LogP contribution is 2.29. The molecule has 0 fully saturated rings. The van der Waals surface area contributed by atoms with E-state index < -0.39 is 11.9 Å². The van der Waals surface area contributed by atoms with Gasteiger partial charge in [-0.1, -0.05) is 6.07 Å². The Balaban J connectivity index is 2.42. The van der Waals surface area contributed by atoms with Gasteiger partial charge < -0.3 is 4.74 Å². The van der Waals surface area contributed by atoms with Crippen molar-refractivity contribution in [3.8, 4) is 0 Å². The van der Waals surface area contributed by atoms with Crippen LogP contribution >= 0.6 is 0 Å². The first-order valence-corrected chi connectivity index (χ1v) is 5.26. The third-order valence-electron chi connectivity index (χ3n) is 3.21. The van der Waals surface area contributed by atoms with Gasteiger partial charge in [0.05, 0.1) is 7.11 Å². The van der Waals surface area contributed by atoms with E-state index in [-0.39, 0.29) is 5.78 Å². The summed E-state index contributed by atoms with van der Waals surface area (Å²) in [4.78, 5) is 23.4. The summed E-state index contributed by atoms with van der Waals surface area (Å²) in [5.74, 6) is -1.18. The quantitative estimate of drug-likeness (QED) is 0.533. The number of carbonyl (C=O) groups excluding carboxylic acids is 2. The number of esters is 1. The standard InChI is InChI=1S/C13H14O3/c1-7-4-9-6-11(13(15)16-3)12(14)10(9)5-8(7)2/h4-5,11H,6H2,1-3H3/t11-/m1/s1. The molecule has 0 bridgehead atoms. The zero-order chi connectivity index (χ0) is 11.9. The van der Waals surface area contributed by atoms with E-state index in [1.54, 1.807) is 0 Å². The second-order valence-corrected chi connectivity index (χ2v) is 4.24. The Labute approximate surface area is 94.4 Å². The smallest absolute Gasteiger partial charge is 0.316 e. The Bertz CT molecular complexity index is 474. The van der Waals surface area contributed by atoms with Crippen molar-refractivity contribution in [1.29, 1.82) is 0 Å². The van der Waals surface area contributed by atoms with Crippen LogP contribution in [0.3, 0.4) is 0 Å². The van der Waals surface area contributed by atoms with Crippen LogP contribution in [-0.4, -0.2) is 18.9 Å². The largest absolute Gasteiger partial charge is 0.468 e. The molecule has 1 aromatic carbocycles. The van der Waals surface area contributed by atoms with Crippen molar-refractivity contribution >= 4 is 11.8 Å². The van der Waals surface area contributed by atoms with Crippen LogP contribution in [-0.2, 0) is 16.0 Å². The molecule has 0 N–H and O–H groups in total. The molecule has 0 saturated heterocycles. The molecule has 1 aromatic rings. The van der Waals surface area contributed by atoms with Gasteiger partial charge in [-0.3, -0.25) is 9.59 Å². The highest BCUT2D eigenvalue weighted by Gasteiger charge is 2.36. The van der Waals surface area contributed by atoms with Gasteiger partial charge in [0.25, 0.3) is 0 Å². The molecule has 0 radical (unpaired) electrons. The zero-order valence-corrected chi connectivity index (χ0v) is 9.66. The van der Waals surface area contributed by atoms with Crippen LogP contribution in [0.4, 0.5) is 0 Å². The minimum absolute atomic E-state index is 0.107. The highest BCUT2D eigenvalue weighted by molar-refractivity contribution is 6.12. The molecule has 0 unspecified atom stereocenters. The third kappa shape index (κ3) is 1.52. The van der Waals surface area contributed by atoms with E-state index in [2.05, 4.69) is 4.74 Å². The molecule has 3 nitrogen and oxygen atoms in total. The summed E-state index contributed by atoms with van der Waals surface area (Å²) < 4.78 is 4.64. The highest BCUT2D eigenvalue weighted by atomic mass is 16.5. The molecule has 1 aliphatic carbocycles. The molecule has 0 amide bonds. The Hall–Kier alpha value is -1.64. The molecular formula is C13H14O3. The Morgan fingerprint density at radius 3 is 2.56 bits per heavy atom. The minimum Gasteiger partial charge on any atom is -0.468 e. The Morgan fingerprint density at radius 1 is 1.31 bits per heavy atom. The van der Waals surface area contributed by atoms with Crippen molar-refractivity contribution < 1.29 is 14.3 Å². The number of Topliss-reactive ketones (excluding diaryl/α,β-unsaturated/α-hetero) is 1. The molecular weight excluding hydrogens is 204 g/mol. The van der Waals surface area contributed by atoms with Crippen LogP contribution < -0.4 is 0 Å². The van der Waals surface area contributed by atoms with Gasteiger partial charge in [0.15, 0.2) is 5.78 Å². The van der Waals surface area contributed by atoms with Gasteiger partial charge in [-0.15, -0.1) is 0 Å². The summed E-state index contributed by atoms with van der Waals surface area (Å²) in [6, 6.07) is 3.86. The lowest BCUT2D eigenvalue weighted by molar-refractivity contribution is -0.143. The third-order valence-corrected chi connectivity index (χ3v) is 3.21. The van der Waals surface area contributed by atoms with Gasteiger partial charge in [-0.2, -0.15) is 0 Å². The first-order chi connectivity index (χ1) is 7.54. The molecule has 0 heterocycles. The van der Waals surface area contributed by atoms with Crippen molar-refractivity contribution in [1.82, 2.24) is 0 Å². The normalized spacial score (nSPS) is 18.4. The van der Waals surface area contributed by atoms with Crippen molar-refractivity contribution in [2.24, 2.45) is 5.92 Å². The summed E-state index contributed by atoms with van der Waals surface area (Å²) >= 11 is 0. The van der Waals surface area contributed by atoms with Crippen LogP contribution in [0, 0.1) is 19.8 Å². The Kier molecular flexibility index (Phi) is 2.54. The first-order valence-electron chi connectivity index (χ1n) is 5.26. The molecule has 0 spiro atoms. The molecule has 0 aromatic heterocycles. The second-order valence-electron chi connectivity index (χ2n) is 4.24. The van der Waals surface area contributed by atoms with E-state index in [4.69, 9.17) is 0 Å². The maximum atomic E-state index is 12.0. The number of ether oxygens (including phenoxy) is 1. The van der Waals surface area contributed by atoms with Gasteiger partial charge in [-0.25, -0.2) is 0 Å². The van der Waals surface area contributed by atoms with Crippen molar-refractivity contribution in [2.45, 2.75) is 20.3 Å².